The van der Waals surface area contributed by atoms with Crippen molar-refractivity contribution in [1.82, 2.24) is 9.97 Å². The number of halogens is 2. The Bertz CT molecular complexity index is 1280. The van der Waals surface area contributed by atoms with Gasteiger partial charge < -0.3 is 14.5 Å². The molecule has 4 rings (SSSR count). The van der Waals surface area contributed by atoms with E-state index in [0.29, 0.717) is 44.2 Å². The van der Waals surface area contributed by atoms with Crippen LogP contribution in [0.5, 0.6) is 5.75 Å². The number of methoxy groups -OCH3 is 1. The van der Waals surface area contributed by atoms with E-state index in [4.69, 9.17) is 32.4 Å². The lowest BCUT2D eigenvalue weighted by Crippen LogP contribution is -2.09. The Labute approximate surface area is 188 Å². The van der Waals surface area contributed by atoms with Gasteiger partial charge >= 0.3 is 0 Å². The zero-order valence-corrected chi connectivity index (χ0v) is 18.2. The Morgan fingerprint density at radius 3 is 2.81 bits per heavy atom. The summed E-state index contributed by atoms with van der Waals surface area (Å²) in [5.41, 5.74) is 3.95. The topological polar surface area (TPSA) is 77.2 Å². The van der Waals surface area contributed by atoms with E-state index < -0.39 is 0 Å². The second kappa shape index (κ2) is 8.79. The van der Waals surface area contributed by atoms with Gasteiger partial charge in [-0.1, -0.05) is 29.3 Å². The van der Waals surface area contributed by atoms with E-state index in [1.54, 1.807) is 36.5 Å². The van der Waals surface area contributed by atoms with E-state index in [2.05, 4.69) is 15.3 Å². The number of carbonyl (C=O) groups is 1. The van der Waals surface area contributed by atoms with Crippen molar-refractivity contribution in [3.63, 3.8) is 0 Å². The number of fused-ring (bicyclic) bond motifs is 1. The molecule has 31 heavy (non-hydrogen) atoms. The predicted octanol–water partition coefficient (Wildman–Crippen LogP) is 6.17. The fraction of sp³-hybridized carbons (Fsp3) is 0.0870. The number of oxazole rings is 1. The molecule has 0 atom stereocenters. The van der Waals surface area contributed by atoms with Gasteiger partial charge in [0.2, 0.25) is 11.8 Å². The van der Waals surface area contributed by atoms with E-state index in [-0.39, 0.29) is 5.91 Å². The lowest BCUT2D eigenvalue weighted by molar-refractivity contribution is -0.111. The number of benzene rings is 2. The second-order valence-electron chi connectivity index (χ2n) is 6.65. The SMILES string of the molecule is COc1c(Cl)cc(Cl)cc1/C=C\C(=O)Nc1cccc(-c2nc3ncccc3o2)c1C. The van der Waals surface area contributed by atoms with Crippen LogP contribution in [0, 0.1) is 6.92 Å². The molecule has 8 heteroatoms. The molecule has 4 aromatic rings. The maximum absolute atomic E-state index is 12.5. The van der Waals surface area contributed by atoms with Crippen molar-refractivity contribution >= 4 is 52.1 Å². The first-order chi connectivity index (χ1) is 15.0. The van der Waals surface area contributed by atoms with Gasteiger partial charge in [0.05, 0.1) is 12.1 Å². The van der Waals surface area contributed by atoms with E-state index in [9.17, 15) is 4.79 Å². The van der Waals surface area contributed by atoms with Gasteiger partial charge in [0.25, 0.3) is 0 Å². The fourth-order valence-electron chi connectivity index (χ4n) is 3.15. The third-order valence-corrected chi connectivity index (χ3v) is 5.14. The van der Waals surface area contributed by atoms with E-state index in [1.165, 1.54) is 13.2 Å². The molecule has 0 aliphatic heterocycles. The summed E-state index contributed by atoms with van der Waals surface area (Å²) in [6.07, 6.45) is 4.64. The largest absolute Gasteiger partial charge is 0.495 e. The predicted molar refractivity (Wildman–Crippen MR) is 123 cm³/mol. The van der Waals surface area contributed by atoms with Gasteiger partial charge in [-0.2, -0.15) is 4.98 Å². The molecule has 1 N–H and O–H groups in total. The summed E-state index contributed by atoms with van der Waals surface area (Å²) in [6.45, 7) is 1.89. The van der Waals surface area contributed by atoms with Gasteiger partial charge in [-0.15, -0.1) is 0 Å². The Morgan fingerprint density at radius 2 is 2.03 bits per heavy atom. The average Bonchev–Trinajstić information content (AvgIpc) is 3.17. The summed E-state index contributed by atoms with van der Waals surface area (Å²) in [5, 5.41) is 3.69. The quantitative estimate of drug-likeness (QED) is 0.365. The van der Waals surface area contributed by atoms with Gasteiger partial charge in [-0.05, 0) is 55.0 Å². The molecular weight excluding hydrogens is 437 g/mol. The van der Waals surface area contributed by atoms with Crippen molar-refractivity contribution in [2.75, 3.05) is 12.4 Å². The summed E-state index contributed by atoms with van der Waals surface area (Å²) in [7, 11) is 1.50. The minimum Gasteiger partial charge on any atom is -0.495 e. The Balaban J connectivity index is 1.58. The molecule has 2 aromatic heterocycles. The summed E-state index contributed by atoms with van der Waals surface area (Å²) in [4.78, 5) is 21.2. The average molecular weight is 454 g/mol. The molecule has 1 amide bonds. The number of amides is 1. The minimum atomic E-state index is -0.322. The summed E-state index contributed by atoms with van der Waals surface area (Å²) in [5.74, 6) is 0.562. The molecule has 2 aromatic carbocycles. The number of carbonyl (C=O) groups excluding carboxylic acids is 1. The lowest BCUT2D eigenvalue weighted by atomic mass is 10.1. The van der Waals surface area contributed by atoms with Crippen molar-refractivity contribution in [3.8, 4) is 17.2 Å². The zero-order chi connectivity index (χ0) is 22.0. The summed E-state index contributed by atoms with van der Waals surface area (Å²) < 4.78 is 11.1. The molecular formula is C23H17Cl2N3O3. The molecule has 6 nitrogen and oxygen atoms in total. The highest BCUT2D eigenvalue weighted by Gasteiger charge is 2.14. The number of pyridine rings is 1. The van der Waals surface area contributed by atoms with Crippen molar-refractivity contribution in [1.29, 1.82) is 0 Å². The molecule has 0 saturated carbocycles. The fourth-order valence-corrected chi connectivity index (χ4v) is 3.73. The van der Waals surface area contributed by atoms with Crippen molar-refractivity contribution in [2.24, 2.45) is 0 Å². The Kier molecular flexibility index (Phi) is 5.93. The molecule has 0 radical (unpaired) electrons. The number of hydrogen-bond donors (Lipinski definition) is 1. The Morgan fingerprint density at radius 1 is 1.19 bits per heavy atom. The number of nitrogens with zero attached hydrogens (tertiary/aromatic N) is 2. The number of anilines is 1. The van der Waals surface area contributed by atoms with Crippen molar-refractivity contribution in [2.45, 2.75) is 6.92 Å². The molecule has 0 bridgehead atoms. The number of hydrogen-bond acceptors (Lipinski definition) is 5. The summed E-state index contributed by atoms with van der Waals surface area (Å²) >= 11 is 12.2. The van der Waals surface area contributed by atoms with Crippen LogP contribution in [0.1, 0.15) is 11.1 Å². The first-order valence-electron chi connectivity index (χ1n) is 9.30. The highest BCUT2D eigenvalue weighted by molar-refractivity contribution is 6.36. The summed E-state index contributed by atoms with van der Waals surface area (Å²) in [6, 6.07) is 12.4. The smallest absolute Gasteiger partial charge is 0.248 e. The van der Waals surface area contributed by atoms with Gasteiger partial charge in [0.1, 0.15) is 5.75 Å². The maximum atomic E-state index is 12.5. The molecule has 0 fully saturated rings. The van der Waals surface area contributed by atoms with Crippen LogP contribution in [0.3, 0.4) is 0 Å². The van der Waals surface area contributed by atoms with Crippen LogP contribution >= 0.6 is 23.2 Å². The molecule has 0 saturated heterocycles. The third-order valence-electron chi connectivity index (χ3n) is 4.64. The molecule has 0 aliphatic carbocycles. The molecule has 0 spiro atoms. The van der Waals surface area contributed by atoms with Crippen LogP contribution < -0.4 is 10.1 Å². The zero-order valence-electron chi connectivity index (χ0n) is 16.6. The molecule has 0 aliphatic rings. The first kappa shape index (κ1) is 20.9. The van der Waals surface area contributed by atoms with E-state index >= 15 is 0 Å². The molecule has 2 heterocycles. The van der Waals surface area contributed by atoms with Gasteiger partial charge in [0.15, 0.2) is 11.2 Å². The van der Waals surface area contributed by atoms with Gasteiger partial charge in [-0.25, -0.2) is 4.98 Å². The van der Waals surface area contributed by atoms with Crippen molar-refractivity contribution in [3.05, 3.63) is 75.9 Å². The van der Waals surface area contributed by atoms with Crippen LogP contribution in [0.2, 0.25) is 10.0 Å². The van der Waals surface area contributed by atoms with Crippen LogP contribution in [0.15, 0.2) is 59.2 Å². The number of rotatable bonds is 5. The molecule has 156 valence electrons. The highest BCUT2D eigenvalue weighted by atomic mass is 35.5. The van der Waals surface area contributed by atoms with Crippen molar-refractivity contribution < 1.29 is 13.9 Å². The Hall–Kier alpha value is -3.35. The number of nitrogens with one attached hydrogen (secondary N) is 1. The van der Waals surface area contributed by atoms with Crippen LogP contribution in [-0.4, -0.2) is 23.0 Å². The van der Waals surface area contributed by atoms with E-state index in [0.717, 1.165) is 11.1 Å². The van der Waals surface area contributed by atoms with Crippen LogP contribution in [-0.2, 0) is 4.79 Å². The van der Waals surface area contributed by atoms with Gasteiger partial charge in [0, 0.05) is 34.1 Å². The molecule has 0 unspecified atom stereocenters. The van der Waals surface area contributed by atoms with E-state index in [1.807, 2.05) is 25.1 Å². The third kappa shape index (κ3) is 4.40. The normalized spacial score (nSPS) is 11.2. The van der Waals surface area contributed by atoms with Gasteiger partial charge in [-0.3, -0.25) is 4.79 Å². The minimum absolute atomic E-state index is 0.322. The van der Waals surface area contributed by atoms with Crippen LogP contribution in [0.25, 0.3) is 28.8 Å². The lowest BCUT2D eigenvalue weighted by Gasteiger charge is -2.10. The number of aromatic nitrogens is 2. The monoisotopic (exact) mass is 453 g/mol. The highest BCUT2D eigenvalue weighted by Crippen LogP contribution is 2.33. The first-order valence-corrected chi connectivity index (χ1v) is 10.1. The van der Waals surface area contributed by atoms with Crippen LogP contribution in [0.4, 0.5) is 5.69 Å². The maximum Gasteiger partial charge on any atom is 0.248 e. The number of ether oxygens (including phenoxy) is 1. The second-order valence-corrected chi connectivity index (χ2v) is 7.50. The standard InChI is InChI=1S/C23H17Cl2N3O3/c1-13-16(23-28-22-19(31-23)7-4-10-26-22)5-3-6-18(13)27-20(29)9-8-14-11-15(24)12-17(25)21(14)30-2/h3-12H,1-2H3,(H,27,29)/b9-8-.